The fraction of sp³-hybridized carbons (Fsp3) is 0.250. The molecule has 4 heteroatoms. The zero-order valence-corrected chi connectivity index (χ0v) is 14.4. The van der Waals surface area contributed by atoms with Gasteiger partial charge in [-0.25, -0.2) is 0 Å². The molecule has 2 nitrogen and oxygen atoms in total. The SMILES string of the molecule is CC(C)NCc1cc(Cl)ccc1Oc1ccc(I)cc1. The summed E-state index contributed by atoms with van der Waals surface area (Å²) in [5.74, 6) is 1.67. The largest absolute Gasteiger partial charge is 0.457 e. The Morgan fingerprint density at radius 2 is 1.85 bits per heavy atom. The highest BCUT2D eigenvalue weighted by Gasteiger charge is 2.07. The van der Waals surface area contributed by atoms with Crippen LogP contribution in [0.2, 0.25) is 5.02 Å². The number of ether oxygens (including phenoxy) is 1. The highest BCUT2D eigenvalue weighted by atomic mass is 127. The van der Waals surface area contributed by atoms with Crippen LogP contribution in [0, 0.1) is 3.57 Å². The Labute approximate surface area is 138 Å². The standard InChI is InChI=1S/C16H17ClINO/c1-11(2)19-10-12-9-13(17)3-8-16(12)20-15-6-4-14(18)5-7-15/h3-9,11,19H,10H2,1-2H3. The molecule has 0 saturated heterocycles. The molecule has 0 saturated carbocycles. The smallest absolute Gasteiger partial charge is 0.132 e. The molecule has 0 aromatic heterocycles. The van der Waals surface area contributed by atoms with Crippen molar-refractivity contribution in [2.24, 2.45) is 0 Å². The highest BCUT2D eigenvalue weighted by molar-refractivity contribution is 14.1. The molecule has 0 bridgehead atoms. The minimum absolute atomic E-state index is 0.417. The molecule has 2 aromatic carbocycles. The number of hydrogen-bond acceptors (Lipinski definition) is 2. The second-order valence-electron chi connectivity index (χ2n) is 4.84. The van der Waals surface area contributed by atoms with Gasteiger partial charge in [-0.15, -0.1) is 0 Å². The molecule has 0 heterocycles. The lowest BCUT2D eigenvalue weighted by atomic mass is 10.2. The molecule has 0 radical (unpaired) electrons. The van der Waals surface area contributed by atoms with Crippen molar-refractivity contribution in [3.63, 3.8) is 0 Å². The molecule has 0 fully saturated rings. The minimum atomic E-state index is 0.417. The third-order valence-electron chi connectivity index (χ3n) is 2.76. The van der Waals surface area contributed by atoms with E-state index in [0.717, 1.165) is 28.6 Å². The molecule has 106 valence electrons. The average Bonchev–Trinajstić information content (AvgIpc) is 2.41. The summed E-state index contributed by atoms with van der Waals surface area (Å²) in [6, 6.07) is 14.1. The first-order valence-electron chi connectivity index (χ1n) is 6.50. The molecule has 0 aliphatic rings. The monoisotopic (exact) mass is 401 g/mol. The fourth-order valence-corrected chi connectivity index (χ4v) is 2.28. The normalized spacial score (nSPS) is 10.8. The molecule has 20 heavy (non-hydrogen) atoms. The first kappa shape index (κ1) is 15.6. The maximum absolute atomic E-state index is 6.07. The number of rotatable bonds is 5. The van der Waals surface area contributed by atoms with E-state index < -0.39 is 0 Å². The lowest BCUT2D eigenvalue weighted by Crippen LogP contribution is -2.22. The number of nitrogens with one attached hydrogen (secondary N) is 1. The van der Waals surface area contributed by atoms with E-state index in [2.05, 4.69) is 41.8 Å². The quantitative estimate of drug-likeness (QED) is 0.692. The molecule has 0 unspecified atom stereocenters. The van der Waals surface area contributed by atoms with Crippen molar-refractivity contribution in [3.05, 3.63) is 56.6 Å². The molecule has 2 rings (SSSR count). The second-order valence-corrected chi connectivity index (χ2v) is 6.53. The van der Waals surface area contributed by atoms with Crippen molar-refractivity contribution in [3.8, 4) is 11.5 Å². The van der Waals surface area contributed by atoms with E-state index in [-0.39, 0.29) is 0 Å². The van der Waals surface area contributed by atoms with Crippen LogP contribution in [-0.4, -0.2) is 6.04 Å². The summed E-state index contributed by atoms with van der Waals surface area (Å²) < 4.78 is 7.14. The number of benzene rings is 2. The van der Waals surface area contributed by atoms with Crippen LogP contribution in [0.25, 0.3) is 0 Å². The minimum Gasteiger partial charge on any atom is -0.457 e. The summed E-state index contributed by atoms with van der Waals surface area (Å²) >= 11 is 8.35. The van der Waals surface area contributed by atoms with Crippen LogP contribution in [-0.2, 0) is 6.54 Å². The van der Waals surface area contributed by atoms with Gasteiger partial charge in [-0.3, -0.25) is 0 Å². The summed E-state index contributed by atoms with van der Waals surface area (Å²) in [5.41, 5.74) is 1.06. The first-order chi connectivity index (χ1) is 9.54. The van der Waals surface area contributed by atoms with Crippen LogP contribution in [0.15, 0.2) is 42.5 Å². The summed E-state index contributed by atoms with van der Waals surface area (Å²) in [6.45, 7) is 4.96. The third kappa shape index (κ3) is 4.65. The van der Waals surface area contributed by atoms with Crippen molar-refractivity contribution in [2.75, 3.05) is 0 Å². The Morgan fingerprint density at radius 3 is 2.50 bits per heavy atom. The maximum Gasteiger partial charge on any atom is 0.132 e. The van der Waals surface area contributed by atoms with Gasteiger partial charge in [0.2, 0.25) is 0 Å². The Hall–Kier alpha value is -0.780. The van der Waals surface area contributed by atoms with Gasteiger partial charge in [0.15, 0.2) is 0 Å². The van der Waals surface area contributed by atoms with E-state index >= 15 is 0 Å². The highest BCUT2D eigenvalue weighted by Crippen LogP contribution is 2.28. The Morgan fingerprint density at radius 1 is 1.15 bits per heavy atom. The molecule has 0 aliphatic carbocycles. The summed E-state index contributed by atoms with van der Waals surface area (Å²) in [4.78, 5) is 0. The predicted molar refractivity (Wildman–Crippen MR) is 92.7 cm³/mol. The van der Waals surface area contributed by atoms with Crippen molar-refractivity contribution < 1.29 is 4.74 Å². The second kappa shape index (κ2) is 7.29. The van der Waals surface area contributed by atoms with Gasteiger partial charge in [-0.1, -0.05) is 25.4 Å². The van der Waals surface area contributed by atoms with Gasteiger partial charge in [0, 0.05) is 26.7 Å². The van der Waals surface area contributed by atoms with Crippen LogP contribution in [0.1, 0.15) is 19.4 Å². The van der Waals surface area contributed by atoms with Gasteiger partial charge in [0.25, 0.3) is 0 Å². The number of halogens is 2. The lowest BCUT2D eigenvalue weighted by Gasteiger charge is -2.14. The zero-order valence-electron chi connectivity index (χ0n) is 11.5. The third-order valence-corrected chi connectivity index (χ3v) is 3.72. The fourth-order valence-electron chi connectivity index (χ4n) is 1.73. The van der Waals surface area contributed by atoms with Crippen LogP contribution in [0.3, 0.4) is 0 Å². The maximum atomic E-state index is 6.07. The molecular formula is C16H17ClINO. The van der Waals surface area contributed by atoms with Gasteiger partial charge in [-0.05, 0) is 65.1 Å². The molecule has 2 aromatic rings. The summed E-state index contributed by atoms with van der Waals surface area (Å²) in [5, 5.41) is 4.11. The number of hydrogen-bond donors (Lipinski definition) is 1. The van der Waals surface area contributed by atoms with Crippen LogP contribution < -0.4 is 10.1 Å². The van der Waals surface area contributed by atoms with Gasteiger partial charge < -0.3 is 10.1 Å². The van der Waals surface area contributed by atoms with E-state index in [1.807, 2.05) is 42.5 Å². The molecule has 0 atom stereocenters. The lowest BCUT2D eigenvalue weighted by molar-refractivity contribution is 0.469. The van der Waals surface area contributed by atoms with Crippen molar-refractivity contribution >= 4 is 34.2 Å². The topological polar surface area (TPSA) is 21.3 Å². The average molecular weight is 402 g/mol. The molecule has 0 amide bonds. The van der Waals surface area contributed by atoms with Crippen molar-refractivity contribution in [2.45, 2.75) is 26.4 Å². The molecule has 0 spiro atoms. The van der Waals surface area contributed by atoms with E-state index in [1.165, 1.54) is 3.57 Å². The van der Waals surface area contributed by atoms with Gasteiger partial charge in [0.05, 0.1) is 0 Å². The predicted octanol–water partition coefficient (Wildman–Crippen LogP) is 5.23. The van der Waals surface area contributed by atoms with E-state index in [9.17, 15) is 0 Å². The Bertz CT molecular complexity index is 569. The van der Waals surface area contributed by atoms with Crippen molar-refractivity contribution in [1.29, 1.82) is 0 Å². The zero-order chi connectivity index (χ0) is 14.5. The molecule has 0 aliphatic heterocycles. The first-order valence-corrected chi connectivity index (χ1v) is 7.95. The Kier molecular flexibility index (Phi) is 5.69. The summed E-state index contributed by atoms with van der Waals surface area (Å²) in [6.07, 6.45) is 0. The van der Waals surface area contributed by atoms with E-state index in [0.29, 0.717) is 6.04 Å². The summed E-state index contributed by atoms with van der Waals surface area (Å²) in [7, 11) is 0. The van der Waals surface area contributed by atoms with Crippen LogP contribution in [0.5, 0.6) is 11.5 Å². The van der Waals surface area contributed by atoms with Crippen molar-refractivity contribution in [1.82, 2.24) is 5.32 Å². The van der Waals surface area contributed by atoms with E-state index in [1.54, 1.807) is 0 Å². The van der Waals surface area contributed by atoms with Crippen LogP contribution >= 0.6 is 34.2 Å². The van der Waals surface area contributed by atoms with Gasteiger partial charge in [-0.2, -0.15) is 0 Å². The Balaban J connectivity index is 2.19. The van der Waals surface area contributed by atoms with Gasteiger partial charge in [0.1, 0.15) is 11.5 Å². The molecule has 1 N–H and O–H groups in total. The van der Waals surface area contributed by atoms with Gasteiger partial charge >= 0.3 is 0 Å². The molecular weight excluding hydrogens is 385 g/mol. The van der Waals surface area contributed by atoms with Crippen LogP contribution in [0.4, 0.5) is 0 Å². The van der Waals surface area contributed by atoms with E-state index in [4.69, 9.17) is 16.3 Å².